The fourth-order valence-electron chi connectivity index (χ4n) is 0.974. The summed E-state index contributed by atoms with van der Waals surface area (Å²) < 4.78 is 41.8. The zero-order chi connectivity index (χ0) is 10.8. The monoisotopic (exact) mass is 206 g/mol. The van der Waals surface area contributed by atoms with Crippen molar-refractivity contribution in [3.05, 3.63) is 17.7 Å². The standard InChI is InChI=1S/C8H9F3N2O/c1-12-7-5(8(9,10)11)3-4-6(13-7)14-2/h3-4H,1-2H3,(H,12,13). The predicted molar refractivity (Wildman–Crippen MR) is 45.3 cm³/mol. The molecule has 0 aliphatic rings. The summed E-state index contributed by atoms with van der Waals surface area (Å²) in [6.45, 7) is 0. The number of hydrogen-bond donors (Lipinski definition) is 1. The molecule has 6 heteroatoms. The van der Waals surface area contributed by atoms with Crippen molar-refractivity contribution in [2.75, 3.05) is 19.5 Å². The average Bonchev–Trinajstić information content (AvgIpc) is 2.15. The lowest BCUT2D eigenvalue weighted by Crippen LogP contribution is -2.10. The topological polar surface area (TPSA) is 34.2 Å². The Bertz CT molecular complexity index is 325. The van der Waals surface area contributed by atoms with Crippen molar-refractivity contribution < 1.29 is 17.9 Å². The van der Waals surface area contributed by atoms with Gasteiger partial charge >= 0.3 is 6.18 Å². The Balaban J connectivity index is 3.18. The SMILES string of the molecule is CNc1nc(OC)ccc1C(F)(F)F. The number of aromatic nitrogens is 1. The fourth-order valence-corrected chi connectivity index (χ4v) is 0.974. The number of ether oxygens (including phenoxy) is 1. The molecule has 14 heavy (non-hydrogen) atoms. The Kier molecular flexibility index (Phi) is 2.83. The molecule has 1 N–H and O–H groups in total. The minimum Gasteiger partial charge on any atom is -0.481 e. The summed E-state index contributed by atoms with van der Waals surface area (Å²) in [6.07, 6.45) is -4.41. The van der Waals surface area contributed by atoms with E-state index >= 15 is 0 Å². The first-order chi connectivity index (χ1) is 6.49. The van der Waals surface area contributed by atoms with Crippen LogP contribution in [0.3, 0.4) is 0 Å². The lowest BCUT2D eigenvalue weighted by molar-refractivity contribution is -0.137. The molecule has 0 saturated carbocycles. The summed E-state index contributed by atoms with van der Waals surface area (Å²) in [5.74, 6) is -0.0980. The van der Waals surface area contributed by atoms with Gasteiger partial charge in [-0.15, -0.1) is 0 Å². The van der Waals surface area contributed by atoms with E-state index < -0.39 is 11.7 Å². The van der Waals surface area contributed by atoms with Gasteiger partial charge in [-0.25, -0.2) is 0 Å². The highest BCUT2D eigenvalue weighted by Gasteiger charge is 2.34. The molecular formula is C8H9F3N2O. The summed E-state index contributed by atoms with van der Waals surface area (Å²) >= 11 is 0. The number of halogens is 3. The molecule has 0 saturated heterocycles. The van der Waals surface area contributed by atoms with Crippen molar-refractivity contribution in [2.24, 2.45) is 0 Å². The first kappa shape index (κ1) is 10.6. The summed E-state index contributed by atoms with van der Waals surface area (Å²) in [6, 6.07) is 2.10. The number of alkyl halides is 3. The van der Waals surface area contributed by atoms with E-state index in [0.717, 1.165) is 6.07 Å². The zero-order valence-electron chi connectivity index (χ0n) is 7.64. The highest BCUT2D eigenvalue weighted by molar-refractivity contribution is 5.47. The third kappa shape index (κ3) is 2.07. The Morgan fingerprint density at radius 1 is 1.36 bits per heavy atom. The average molecular weight is 206 g/mol. The number of anilines is 1. The van der Waals surface area contributed by atoms with E-state index in [1.807, 2.05) is 0 Å². The smallest absolute Gasteiger partial charge is 0.419 e. The lowest BCUT2D eigenvalue weighted by Gasteiger charge is -2.11. The molecule has 1 rings (SSSR count). The van der Waals surface area contributed by atoms with Gasteiger partial charge in [-0.05, 0) is 6.07 Å². The van der Waals surface area contributed by atoms with Crippen molar-refractivity contribution in [3.8, 4) is 5.88 Å². The van der Waals surface area contributed by atoms with Gasteiger partial charge in [-0.2, -0.15) is 18.2 Å². The van der Waals surface area contributed by atoms with E-state index in [1.165, 1.54) is 20.2 Å². The van der Waals surface area contributed by atoms with Crippen molar-refractivity contribution in [3.63, 3.8) is 0 Å². The largest absolute Gasteiger partial charge is 0.481 e. The molecule has 1 heterocycles. The van der Waals surface area contributed by atoms with Crippen LogP contribution in [0.1, 0.15) is 5.56 Å². The van der Waals surface area contributed by atoms with Crippen LogP contribution in [0.5, 0.6) is 5.88 Å². The van der Waals surface area contributed by atoms with Crippen LogP contribution in [0.25, 0.3) is 0 Å². The predicted octanol–water partition coefficient (Wildman–Crippen LogP) is 2.15. The molecule has 0 unspecified atom stereocenters. The Hall–Kier alpha value is -1.46. The highest BCUT2D eigenvalue weighted by atomic mass is 19.4. The van der Waals surface area contributed by atoms with Crippen LogP contribution >= 0.6 is 0 Å². The van der Waals surface area contributed by atoms with Crippen molar-refractivity contribution in [2.45, 2.75) is 6.18 Å². The third-order valence-electron chi connectivity index (χ3n) is 1.62. The molecule has 0 aromatic carbocycles. The molecule has 1 aromatic rings. The van der Waals surface area contributed by atoms with Gasteiger partial charge in [0.15, 0.2) is 0 Å². The van der Waals surface area contributed by atoms with Crippen LogP contribution < -0.4 is 10.1 Å². The summed E-state index contributed by atoms with van der Waals surface area (Å²) in [4.78, 5) is 3.62. The second kappa shape index (κ2) is 3.73. The van der Waals surface area contributed by atoms with Crippen LogP contribution in [-0.2, 0) is 6.18 Å². The maximum Gasteiger partial charge on any atom is 0.419 e. The maximum absolute atomic E-state index is 12.4. The van der Waals surface area contributed by atoms with Gasteiger partial charge in [0.25, 0.3) is 0 Å². The van der Waals surface area contributed by atoms with Gasteiger partial charge < -0.3 is 10.1 Å². The molecule has 0 amide bonds. The zero-order valence-corrected chi connectivity index (χ0v) is 7.64. The van der Waals surface area contributed by atoms with Crippen molar-refractivity contribution in [1.82, 2.24) is 4.98 Å². The Morgan fingerprint density at radius 3 is 2.43 bits per heavy atom. The van der Waals surface area contributed by atoms with Crippen LogP contribution in [0, 0.1) is 0 Å². The number of methoxy groups -OCH3 is 1. The molecular weight excluding hydrogens is 197 g/mol. The highest BCUT2D eigenvalue weighted by Crippen LogP contribution is 2.34. The van der Waals surface area contributed by atoms with E-state index in [1.54, 1.807) is 0 Å². The van der Waals surface area contributed by atoms with Gasteiger partial charge in [-0.1, -0.05) is 0 Å². The molecule has 0 aliphatic heterocycles. The second-order valence-electron chi connectivity index (χ2n) is 2.50. The van der Waals surface area contributed by atoms with Gasteiger partial charge in [0.05, 0.1) is 12.7 Å². The first-order valence-corrected chi connectivity index (χ1v) is 3.79. The number of nitrogens with one attached hydrogen (secondary N) is 1. The van der Waals surface area contributed by atoms with Crippen LogP contribution in [0.2, 0.25) is 0 Å². The summed E-state index contributed by atoms with van der Waals surface area (Å²) in [5, 5.41) is 2.37. The number of nitrogens with zero attached hydrogens (tertiary/aromatic N) is 1. The quantitative estimate of drug-likeness (QED) is 0.805. The molecule has 0 radical (unpaired) electrons. The van der Waals surface area contributed by atoms with Crippen LogP contribution in [0.15, 0.2) is 12.1 Å². The van der Waals surface area contributed by atoms with E-state index in [2.05, 4.69) is 10.3 Å². The van der Waals surface area contributed by atoms with E-state index in [4.69, 9.17) is 4.74 Å². The maximum atomic E-state index is 12.4. The lowest BCUT2D eigenvalue weighted by atomic mass is 10.2. The molecule has 0 atom stereocenters. The van der Waals surface area contributed by atoms with Crippen molar-refractivity contribution >= 4 is 5.82 Å². The molecule has 1 aromatic heterocycles. The Morgan fingerprint density at radius 2 is 2.00 bits per heavy atom. The summed E-state index contributed by atoms with van der Waals surface area (Å²) in [7, 11) is 2.71. The van der Waals surface area contributed by atoms with Gasteiger partial charge in [0, 0.05) is 13.1 Å². The van der Waals surface area contributed by atoms with Gasteiger partial charge in [0.2, 0.25) is 5.88 Å². The van der Waals surface area contributed by atoms with Crippen molar-refractivity contribution in [1.29, 1.82) is 0 Å². The molecule has 0 aliphatic carbocycles. The minimum absolute atomic E-state index is 0.141. The van der Waals surface area contributed by atoms with E-state index in [0.29, 0.717) is 0 Å². The first-order valence-electron chi connectivity index (χ1n) is 3.79. The van der Waals surface area contributed by atoms with Gasteiger partial charge in [0.1, 0.15) is 5.82 Å². The number of rotatable bonds is 2. The Labute approximate surface area is 78.9 Å². The number of pyridine rings is 1. The van der Waals surface area contributed by atoms with Crippen LogP contribution in [-0.4, -0.2) is 19.1 Å². The normalized spacial score (nSPS) is 11.2. The van der Waals surface area contributed by atoms with Crippen LogP contribution in [0.4, 0.5) is 19.0 Å². The fraction of sp³-hybridized carbons (Fsp3) is 0.375. The van der Waals surface area contributed by atoms with E-state index in [-0.39, 0.29) is 11.7 Å². The molecule has 0 bridgehead atoms. The molecule has 0 fully saturated rings. The molecule has 3 nitrogen and oxygen atoms in total. The second-order valence-corrected chi connectivity index (χ2v) is 2.50. The van der Waals surface area contributed by atoms with E-state index in [9.17, 15) is 13.2 Å². The molecule has 0 spiro atoms. The minimum atomic E-state index is -4.41. The number of hydrogen-bond acceptors (Lipinski definition) is 3. The van der Waals surface area contributed by atoms with Gasteiger partial charge in [-0.3, -0.25) is 0 Å². The molecule has 78 valence electrons. The summed E-state index contributed by atoms with van der Waals surface area (Å²) in [5.41, 5.74) is -0.805. The third-order valence-corrected chi connectivity index (χ3v) is 1.62.